The molecule has 1 rings (SSSR count). The third-order valence-corrected chi connectivity index (χ3v) is 3.15. The van der Waals surface area contributed by atoms with Gasteiger partial charge in [-0.3, -0.25) is 0 Å². The fourth-order valence-corrected chi connectivity index (χ4v) is 2.18. The lowest BCUT2D eigenvalue weighted by atomic mass is 10.3. The van der Waals surface area contributed by atoms with Gasteiger partial charge in [-0.1, -0.05) is 55.7 Å². The molecule has 78 valence electrons. The fraction of sp³-hybridized carbons (Fsp3) is 0.444. The molecule has 0 aliphatic rings. The zero-order valence-corrected chi connectivity index (χ0v) is 10.6. The number of halogens is 2. The highest BCUT2D eigenvalue weighted by atomic mass is 35.5. The van der Waals surface area contributed by atoms with Gasteiger partial charge in [-0.2, -0.15) is 0 Å². The second-order valence-electron chi connectivity index (χ2n) is 3.86. The highest BCUT2D eigenvalue weighted by Gasteiger charge is 2.16. The average Bonchev–Trinajstić information content (AvgIpc) is 1.97. The number of hydrogen-bond donors (Lipinski definition) is 1. The Morgan fingerprint density at radius 3 is 2.36 bits per heavy atom. The van der Waals surface area contributed by atoms with E-state index in [-0.39, 0.29) is 4.75 Å². The monoisotopic (exact) mass is 250 g/mol. The van der Waals surface area contributed by atoms with Crippen molar-refractivity contribution in [3.05, 3.63) is 16.1 Å². The number of pyridine rings is 1. The lowest BCUT2D eigenvalue weighted by Crippen LogP contribution is -2.08. The molecule has 0 spiro atoms. The van der Waals surface area contributed by atoms with Gasteiger partial charge in [0.05, 0.1) is 10.0 Å². The maximum atomic E-state index is 5.98. The number of nitrogens with zero attached hydrogens (tertiary/aromatic N) is 1. The number of thioether (sulfide) groups is 1. The molecule has 0 aromatic carbocycles. The summed E-state index contributed by atoms with van der Waals surface area (Å²) in [6, 6.07) is 1.62. The van der Waals surface area contributed by atoms with E-state index in [0.29, 0.717) is 15.9 Å². The van der Waals surface area contributed by atoms with E-state index in [4.69, 9.17) is 28.9 Å². The van der Waals surface area contributed by atoms with Crippen LogP contribution in [0.15, 0.2) is 11.1 Å². The van der Waals surface area contributed by atoms with Gasteiger partial charge >= 0.3 is 0 Å². The Morgan fingerprint density at radius 1 is 1.29 bits per heavy atom. The Balaban J connectivity index is 3.04. The Bertz CT molecular complexity index is 347. The first-order valence-corrected chi connectivity index (χ1v) is 5.67. The number of anilines is 1. The van der Waals surface area contributed by atoms with E-state index in [0.717, 1.165) is 5.03 Å². The van der Waals surface area contributed by atoms with E-state index in [1.807, 2.05) is 0 Å². The number of aromatic nitrogens is 1. The predicted octanol–water partition coefficient (Wildman–Crippen LogP) is 3.86. The third kappa shape index (κ3) is 3.23. The summed E-state index contributed by atoms with van der Waals surface area (Å²) < 4.78 is 0.0525. The molecule has 0 amide bonds. The standard InChI is InChI=1S/C9H12Cl2N2S/c1-9(2,3)14-8-6(11)4-5(10)7(12)13-8/h4H,1-3H3,(H2,12,13). The van der Waals surface area contributed by atoms with Crippen LogP contribution in [0.3, 0.4) is 0 Å². The maximum Gasteiger partial charge on any atom is 0.143 e. The molecule has 0 aliphatic heterocycles. The number of nitrogens with two attached hydrogens (primary N) is 1. The predicted molar refractivity (Wildman–Crippen MR) is 64.3 cm³/mol. The summed E-state index contributed by atoms with van der Waals surface area (Å²) in [6.45, 7) is 6.25. The Kier molecular flexibility index (Phi) is 3.56. The molecule has 1 aromatic heterocycles. The van der Waals surface area contributed by atoms with E-state index in [9.17, 15) is 0 Å². The summed E-state index contributed by atoms with van der Waals surface area (Å²) in [4.78, 5) is 4.13. The number of hydrogen-bond acceptors (Lipinski definition) is 3. The van der Waals surface area contributed by atoms with Crippen molar-refractivity contribution >= 4 is 40.8 Å². The lowest BCUT2D eigenvalue weighted by Gasteiger charge is -2.17. The molecule has 0 saturated heterocycles. The first kappa shape index (κ1) is 12.0. The zero-order chi connectivity index (χ0) is 10.9. The van der Waals surface area contributed by atoms with Crippen LogP contribution in [0.4, 0.5) is 5.82 Å². The van der Waals surface area contributed by atoms with Gasteiger partial charge < -0.3 is 5.73 Å². The van der Waals surface area contributed by atoms with Crippen LogP contribution >= 0.6 is 35.0 Å². The zero-order valence-electron chi connectivity index (χ0n) is 8.27. The molecule has 0 fully saturated rings. The van der Waals surface area contributed by atoms with Crippen LogP contribution in [0.5, 0.6) is 0 Å². The minimum atomic E-state index is 0.0525. The molecule has 0 bridgehead atoms. The van der Waals surface area contributed by atoms with E-state index in [2.05, 4.69) is 25.8 Å². The van der Waals surface area contributed by atoms with Crippen molar-refractivity contribution in [1.82, 2.24) is 4.98 Å². The molecule has 1 heterocycles. The summed E-state index contributed by atoms with van der Waals surface area (Å²) in [5.74, 6) is 0.322. The van der Waals surface area contributed by atoms with Gasteiger partial charge in [0.25, 0.3) is 0 Å². The largest absolute Gasteiger partial charge is 0.382 e. The van der Waals surface area contributed by atoms with E-state index >= 15 is 0 Å². The minimum Gasteiger partial charge on any atom is -0.382 e. The molecule has 0 atom stereocenters. The van der Waals surface area contributed by atoms with Crippen LogP contribution in [-0.4, -0.2) is 9.73 Å². The SMILES string of the molecule is CC(C)(C)Sc1nc(N)c(Cl)cc1Cl. The fourth-order valence-electron chi connectivity index (χ4n) is 0.825. The van der Waals surface area contributed by atoms with Gasteiger partial charge in [-0.05, 0) is 6.07 Å². The maximum absolute atomic E-state index is 5.98. The summed E-state index contributed by atoms with van der Waals surface area (Å²) in [5, 5.41) is 1.67. The van der Waals surface area contributed by atoms with Crippen molar-refractivity contribution in [3.8, 4) is 0 Å². The quantitative estimate of drug-likeness (QED) is 0.770. The third-order valence-electron chi connectivity index (χ3n) is 1.33. The second kappa shape index (κ2) is 4.17. The Labute approximate surface area is 98.2 Å². The number of rotatable bonds is 1. The van der Waals surface area contributed by atoms with Crippen molar-refractivity contribution in [3.63, 3.8) is 0 Å². The van der Waals surface area contributed by atoms with Crippen LogP contribution in [-0.2, 0) is 0 Å². The normalized spacial score (nSPS) is 11.8. The molecule has 0 aliphatic carbocycles. The highest BCUT2D eigenvalue weighted by molar-refractivity contribution is 8.00. The van der Waals surface area contributed by atoms with Gasteiger partial charge in [0.2, 0.25) is 0 Å². The molecular formula is C9H12Cl2N2S. The minimum absolute atomic E-state index is 0.0525. The van der Waals surface area contributed by atoms with Gasteiger partial charge in [0, 0.05) is 4.75 Å². The Morgan fingerprint density at radius 2 is 1.86 bits per heavy atom. The van der Waals surface area contributed by atoms with Gasteiger partial charge in [-0.15, -0.1) is 0 Å². The second-order valence-corrected chi connectivity index (χ2v) is 6.49. The molecule has 0 unspecified atom stereocenters. The van der Waals surface area contributed by atoms with Crippen molar-refractivity contribution in [1.29, 1.82) is 0 Å². The van der Waals surface area contributed by atoms with Crippen LogP contribution < -0.4 is 5.73 Å². The summed E-state index contributed by atoms with van der Waals surface area (Å²) in [7, 11) is 0. The molecule has 2 nitrogen and oxygen atoms in total. The van der Waals surface area contributed by atoms with Crippen molar-refractivity contribution < 1.29 is 0 Å². The van der Waals surface area contributed by atoms with Crippen molar-refractivity contribution in [2.45, 2.75) is 30.5 Å². The molecule has 0 saturated carbocycles. The molecule has 0 radical (unpaired) electrons. The van der Waals surface area contributed by atoms with Gasteiger partial charge in [0.15, 0.2) is 0 Å². The van der Waals surface area contributed by atoms with Crippen LogP contribution in [0, 0.1) is 0 Å². The molecular weight excluding hydrogens is 239 g/mol. The van der Waals surface area contributed by atoms with Gasteiger partial charge in [-0.25, -0.2) is 4.98 Å². The summed E-state index contributed by atoms with van der Waals surface area (Å²) in [5.41, 5.74) is 5.59. The molecule has 14 heavy (non-hydrogen) atoms. The van der Waals surface area contributed by atoms with E-state index < -0.39 is 0 Å². The van der Waals surface area contributed by atoms with Crippen molar-refractivity contribution in [2.24, 2.45) is 0 Å². The first-order chi connectivity index (χ1) is 6.29. The molecule has 1 aromatic rings. The van der Waals surface area contributed by atoms with Crippen LogP contribution in [0.1, 0.15) is 20.8 Å². The Hall–Kier alpha value is -0.120. The average molecular weight is 251 g/mol. The van der Waals surface area contributed by atoms with Crippen LogP contribution in [0.25, 0.3) is 0 Å². The van der Waals surface area contributed by atoms with Crippen molar-refractivity contribution in [2.75, 3.05) is 5.73 Å². The van der Waals surface area contributed by atoms with Gasteiger partial charge in [0.1, 0.15) is 10.8 Å². The van der Waals surface area contributed by atoms with Crippen LogP contribution in [0.2, 0.25) is 10.0 Å². The van der Waals surface area contributed by atoms with E-state index in [1.165, 1.54) is 0 Å². The lowest BCUT2D eigenvalue weighted by molar-refractivity contribution is 0.799. The van der Waals surface area contributed by atoms with E-state index in [1.54, 1.807) is 17.8 Å². The smallest absolute Gasteiger partial charge is 0.143 e. The summed E-state index contributed by atoms with van der Waals surface area (Å²) in [6.07, 6.45) is 0. The first-order valence-electron chi connectivity index (χ1n) is 4.10. The summed E-state index contributed by atoms with van der Waals surface area (Å²) >= 11 is 13.3. The molecule has 2 N–H and O–H groups in total. The highest BCUT2D eigenvalue weighted by Crippen LogP contribution is 2.37. The number of nitrogen functional groups attached to an aromatic ring is 1. The topological polar surface area (TPSA) is 38.9 Å². The molecule has 5 heteroatoms.